The van der Waals surface area contributed by atoms with Gasteiger partial charge in [-0.1, -0.05) is 29.8 Å². The zero-order valence-electron chi connectivity index (χ0n) is 15.7. The van der Waals surface area contributed by atoms with Gasteiger partial charge < -0.3 is 10.2 Å². The van der Waals surface area contributed by atoms with Crippen molar-refractivity contribution in [3.8, 4) is 23.0 Å². The van der Waals surface area contributed by atoms with E-state index in [-0.39, 0.29) is 0 Å². The van der Waals surface area contributed by atoms with Crippen molar-refractivity contribution >= 4 is 5.82 Å². The Labute approximate surface area is 159 Å². The largest absolute Gasteiger partial charge is 0.354 e. The summed E-state index contributed by atoms with van der Waals surface area (Å²) < 4.78 is 1.97. The molecule has 1 saturated heterocycles. The molecule has 0 bridgehead atoms. The van der Waals surface area contributed by atoms with Crippen molar-refractivity contribution < 1.29 is 0 Å². The summed E-state index contributed by atoms with van der Waals surface area (Å²) >= 11 is 0. The van der Waals surface area contributed by atoms with Crippen molar-refractivity contribution in [3.63, 3.8) is 0 Å². The zero-order valence-corrected chi connectivity index (χ0v) is 15.7. The van der Waals surface area contributed by atoms with Crippen LogP contribution in [0.5, 0.6) is 0 Å². The lowest BCUT2D eigenvalue weighted by Gasteiger charge is -2.23. The van der Waals surface area contributed by atoms with Crippen LogP contribution in [0.25, 0.3) is 16.9 Å². The maximum absolute atomic E-state index is 9.07. The van der Waals surface area contributed by atoms with Gasteiger partial charge in [0, 0.05) is 31.3 Å². The summed E-state index contributed by atoms with van der Waals surface area (Å²) in [7, 11) is 2.11. The first-order chi connectivity index (χ1) is 13.2. The Morgan fingerprint density at radius 3 is 2.52 bits per heavy atom. The molecule has 27 heavy (non-hydrogen) atoms. The fraction of sp³-hybridized carbons (Fsp3) is 0.273. The van der Waals surface area contributed by atoms with E-state index in [0.29, 0.717) is 11.6 Å². The standard InChI is InChI=1S/C22H23N5/c1-16-3-7-18(8-4-16)21-13-22(26(2)20-11-12-24-15-20)25-27(21)19-9-5-17(14-23)6-10-19/h3-10,13,20,24H,11-12,15H2,1-2H3/t20-/m0/s1. The number of hydrogen-bond acceptors (Lipinski definition) is 4. The highest BCUT2D eigenvalue weighted by Crippen LogP contribution is 2.29. The first-order valence-corrected chi connectivity index (χ1v) is 9.27. The lowest BCUT2D eigenvalue weighted by molar-refractivity contribution is 0.672. The fourth-order valence-corrected chi connectivity index (χ4v) is 3.50. The van der Waals surface area contributed by atoms with Gasteiger partial charge in [-0.15, -0.1) is 5.10 Å². The smallest absolute Gasteiger partial charge is 0.151 e. The van der Waals surface area contributed by atoms with E-state index in [2.05, 4.69) is 60.6 Å². The second kappa shape index (κ2) is 7.26. The van der Waals surface area contributed by atoms with Crippen LogP contribution >= 0.6 is 0 Å². The minimum atomic E-state index is 0.459. The van der Waals surface area contributed by atoms with Gasteiger partial charge in [0.25, 0.3) is 0 Å². The molecule has 1 atom stereocenters. The first kappa shape index (κ1) is 17.3. The van der Waals surface area contributed by atoms with Gasteiger partial charge in [0.05, 0.1) is 23.0 Å². The van der Waals surface area contributed by atoms with Crippen molar-refractivity contribution in [3.05, 3.63) is 65.7 Å². The van der Waals surface area contributed by atoms with Crippen LogP contribution in [0.3, 0.4) is 0 Å². The summed E-state index contributed by atoms with van der Waals surface area (Å²) in [6.45, 7) is 4.13. The van der Waals surface area contributed by atoms with E-state index in [0.717, 1.165) is 42.3 Å². The highest BCUT2D eigenvalue weighted by Gasteiger charge is 2.23. The third-order valence-electron chi connectivity index (χ3n) is 5.23. The van der Waals surface area contributed by atoms with Crippen LogP contribution in [-0.2, 0) is 0 Å². The summed E-state index contributed by atoms with van der Waals surface area (Å²) in [5.41, 5.74) is 5.01. The number of likely N-dealkylation sites (N-methyl/N-ethyl adjacent to an activating group) is 1. The Bertz CT molecular complexity index is 957. The molecule has 3 aromatic rings. The van der Waals surface area contributed by atoms with Gasteiger partial charge in [-0.3, -0.25) is 0 Å². The van der Waals surface area contributed by atoms with Gasteiger partial charge in [-0.25, -0.2) is 4.68 Å². The van der Waals surface area contributed by atoms with E-state index in [1.165, 1.54) is 5.56 Å². The third-order valence-corrected chi connectivity index (χ3v) is 5.23. The summed E-state index contributed by atoms with van der Waals surface area (Å²) in [5.74, 6) is 0.962. The molecule has 0 saturated carbocycles. The first-order valence-electron chi connectivity index (χ1n) is 9.27. The number of aryl methyl sites for hydroxylation is 1. The van der Waals surface area contributed by atoms with Crippen LogP contribution in [-0.4, -0.2) is 36.0 Å². The second-order valence-corrected chi connectivity index (χ2v) is 7.08. The molecule has 5 nitrogen and oxygen atoms in total. The second-order valence-electron chi connectivity index (χ2n) is 7.08. The van der Waals surface area contributed by atoms with Gasteiger partial charge in [0.2, 0.25) is 0 Å². The predicted octanol–water partition coefficient (Wildman–Crippen LogP) is 3.52. The maximum atomic E-state index is 9.07. The van der Waals surface area contributed by atoms with Gasteiger partial charge >= 0.3 is 0 Å². The van der Waals surface area contributed by atoms with E-state index < -0.39 is 0 Å². The SMILES string of the molecule is Cc1ccc(-c2cc(N(C)[C@H]3CCNC3)nn2-c2ccc(C#N)cc2)cc1. The molecule has 1 aliphatic heterocycles. The lowest BCUT2D eigenvalue weighted by atomic mass is 10.1. The summed E-state index contributed by atoms with van der Waals surface area (Å²) in [5, 5.41) is 17.4. The molecule has 136 valence electrons. The Balaban J connectivity index is 1.79. The van der Waals surface area contributed by atoms with Gasteiger partial charge in [0.1, 0.15) is 0 Å². The quantitative estimate of drug-likeness (QED) is 0.776. The topological polar surface area (TPSA) is 56.9 Å². The molecule has 2 heterocycles. The van der Waals surface area contributed by atoms with Crippen molar-refractivity contribution in [2.24, 2.45) is 0 Å². The Kier molecular flexibility index (Phi) is 4.66. The molecule has 1 fully saturated rings. The highest BCUT2D eigenvalue weighted by atomic mass is 15.4. The van der Waals surface area contributed by atoms with Crippen LogP contribution in [0.15, 0.2) is 54.6 Å². The molecular weight excluding hydrogens is 334 g/mol. The normalized spacial score (nSPS) is 16.3. The van der Waals surface area contributed by atoms with E-state index in [9.17, 15) is 0 Å². The van der Waals surface area contributed by atoms with E-state index in [1.807, 2.05) is 28.9 Å². The van der Waals surface area contributed by atoms with Crippen LogP contribution in [0.2, 0.25) is 0 Å². The number of aromatic nitrogens is 2. The molecule has 0 radical (unpaired) electrons. The molecule has 0 amide bonds. The number of rotatable bonds is 4. The molecule has 0 aliphatic carbocycles. The van der Waals surface area contributed by atoms with Crippen LogP contribution in [0.1, 0.15) is 17.5 Å². The lowest BCUT2D eigenvalue weighted by Crippen LogP contribution is -2.33. The number of hydrogen-bond donors (Lipinski definition) is 1. The van der Waals surface area contributed by atoms with Crippen molar-refractivity contribution in [1.82, 2.24) is 15.1 Å². The molecular formula is C22H23N5. The van der Waals surface area contributed by atoms with Gasteiger partial charge in [-0.2, -0.15) is 5.26 Å². The average Bonchev–Trinajstić information content (AvgIpc) is 3.38. The summed E-state index contributed by atoms with van der Waals surface area (Å²) in [4.78, 5) is 2.26. The predicted molar refractivity (Wildman–Crippen MR) is 108 cm³/mol. The van der Waals surface area contributed by atoms with Crippen LogP contribution in [0.4, 0.5) is 5.82 Å². The molecule has 5 heteroatoms. The van der Waals surface area contributed by atoms with Crippen LogP contribution < -0.4 is 10.2 Å². The molecule has 2 aromatic carbocycles. The van der Waals surface area contributed by atoms with Crippen molar-refractivity contribution in [2.45, 2.75) is 19.4 Å². The average molecular weight is 357 g/mol. The highest BCUT2D eigenvalue weighted by molar-refractivity contribution is 5.67. The number of nitrogens with zero attached hydrogens (tertiary/aromatic N) is 4. The molecule has 1 aliphatic rings. The van der Waals surface area contributed by atoms with Crippen molar-refractivity contribution in [2.75, 3.05) is 25.0 Å². The number of anilines is 1. The molecule has 0 spiro atoms. The van der Waals surface area contributed by atoms with Gasteiger partial charge in [-0.05, 0) is 44.2 Å². The van der Waals surface area contributed by atoms with Gasteiger partial charge in [0.15, 0.2) is 5.82 Å². The Hall–Kier alpha value is -3.10. The molecule has 1 N–H and O–H groups in total. The number of nitriles is 1. The minimum absolute atomic E-state index is 0.459. The summed E-state index contributed by atoms with van der Waals surface area (Å²) in [6, 6.07) is 20.9. The number of nitrogens with one attached hydrogen (secondary N) is 1. The Morgan fingerprint density at radius 2 is 1.89 bits per heavy atom. The molecule has 0 unspecified atom stereocenters. The monoisotopic (exact) mass is 357 g/mol. The van der Waals surface area contributed by atoms with Crippen molar-refractivity contribution in [1.29, 1.82) is 5.26 Å². The maximum Gasteiger partial charge on any atom is 0.151 e. The van der Waals surface area contributed by atoms with E-state index >= 15 is 0 Å². The molecule has 4 rings (SSSR count). The Morgan fingerprint density at radius 1 is 1.15 bits per heavy atom. The van der Waals surface area contributed by atoms with E-state index in [4.69, 9.17) is 10.4 Å². The van der Waals surface area contributed by atoms with E-state index in [1.54, 1.807) is 0 Å². The molecule has 1 aromatic heterocycles. The minimum Gasteiger partial charge on any atom is -0.354 e. The fourth-order valence-electron chi connectivity index (χ4n) is 3.50. The summed E-state index contributed by atoms with van der Waals surface area (Å²) in [6.07, 6.45) is 1.13. The third kappa shape index (κ3) is 3.44. The van der Waals surface area contributed by atoms with Crippen LogP contribution in [0, 0.1) is 18.3 Å². The zero-order chi connectivity index (χ0) is 18.8. The number of benzene rings is 2.